The summed E-state index contributed by atoms with van der Waals surface area (Å²) in [6.07, 6.45) is 2.04. The second kappa shape index (κ2) is 4.31. The van der Waals surface area contributed by atoms with Gasteiger partial charge in [-0.2, -0.15) is 0 Å². The SMILES string of the molecule is CC(C)C1CCC2(C)C(=O)CCC(C)(O)C2C1O. The van der Waals surface area contributed by atoms with E-state index in [1.807, 2.05) is 6.92 Å². The Hall–Kier alpha value is -0.410. The molecule has 0 aromatic carbocycles. The fourth-order valence-electron chi connectivity index (χ4n) is 4.32. The van der Waals surface area contributed by atoms with E-state index in [-0.39, 0.29) is 17.6 Å². The van der Waals surface area contributed by atoms with Crippen LogP contribution in [0.2, 0.25) is 0 Å². The molecule has 0 heterocycles. The van der Waals surface area contributed by atoms with Gasteiger partial charge in [-0.15, -0.1) is 0 Å². The molecule has 18 heavy (non-hydrogen) atoms. The summed E-state index contributed by atoms with van der Waals surface area (Å²) < 4.78 is 0. The molecule has 2 N–H and O–H groups in total. The molecular weight excluding hydrogens is 228 g/mol. The summed E-state index contributed by atoms with van der Waals surface area (Å²) in [5.41, 5.74) is -1.46. The van der Waals surface area contributed by atoms with Crippen LogP contribution in [0.5, 0.6) is 0 Å². The predicted octanol–water partition coefficient (Wildman–Crippen LogP) is 2.15. The molecule has 104 valence electrons. The van der Waals surface area contributed by atoms with Crippen molar-refractivity contribution in [1.29, 1.82) is 0 Å². The Morgan fingerprint density at radius 2 is 1.89 bits per heavy atom. The quantitative estimate of drug-likeness (QED) is 0.754. The monoisotopic (exact) mass is 254 g/mol. The molecule has 0 amide bonds. The average Bonchev–Trinajstić information content (AvgIpc) is 2.23. The van der Waals surface area contributed by atoms with Crippen molar-refractivity contribution in [3.05, 3.63) is 0 Å². The highest BCUT2D eigenvalue weighted by atomic mass is 16.3. The van der Waals surface area contributed by atoms with Crippen LogP contribution in [0.4, 0.5) is 0 Å². The van der Waals surface area contributed by atoms with Crippen molar-refractivity contribution in [3.8, 4) is 0 Å². The van der Waals surface area contributed by atoms with Gasteiger partial charge >= 0.3 is 0 Å². The lowest BCUT2D eigenvalue weighted by molar-refractivity contribution is -0.189. The Balaban J connectivity index is 2.38. The summed E-state index contributed by atoms with van der Waals surface area (Å²) >= 11 is 0. The topological polar surface area (TPSA) is 57.5 Å². The van der Waals surface area contributed by atoms with Gasteiger partial charge in [0.1, 0.15) is 5.78 Å². The first-order valence-electron chi connectivity index (χ1n) is 7.14. The van der Waals surface area contributed by atoms with Gasteiger partial charge in [0.2, 0.25) is 0 Å². The largest absolute Gasteiger partial charge is 0.392 e. The fourth-order valence-corrected chi connectivity index (χ4v) is 4.32. The van der Waals surface area contributed by atoms with Crippen molar-refractivity contribution in [1.82, 2.24) is 0 Å². The van der Waals surface area contributed by atoms with Gasteiger partial charge in [-0.05, 0) is 38.0 Å². The van der Waals surface area contributed by atoms with E-state index >= 15 is 0 Å². The Labute approximate surface area is 110 Å². The summed E-state index contributed by atoms with van der Waals surface area (Å²) in [5, 5.41) is 21.3. The molecule has 5 unspecified atom stereocenters. The molecule has 3 heteroatoms. The zero-order valence-electron chi connectivity index (χ0n) is 11.9. The van der Waals surface area contributed by atoms with Crippen LogP contribution in [0.25, 0.3) is 0 Å². The maximum absolute atomic E-state index is 12.2. The molecule has 2 saturated carbocycles. The molecule has 0 aromatic heterocycles. The Bertz CT molecular complexity index is 348. The molecule has 0 spiro atoms. The molecule has 0 bridgehead atoms. The third-order valence-electron chi connectivity index (χ3n) is 5.49. The second-order valence-corrected chi connectivity index (χ2v) is 7.11. The van der Waals surface area contributed by atoms with E-state index in [9.17, 15) is 15.0 Å². The van der Waals surface area contributed by atoms with Crippen molar-refractivity contribution < 1.29 is 15.0 Å². The summed E-state index contributed by atoms with van der Waals surface area (Å²) in [6, 6.07) is 0. The van der Waals surface area contributed by atoms with Crippen LogP contribution in [0.3, 0.4) is 0 Å². The van der Waals surface area contributed by atoms with Crippen molar-refractivity contribution >= 4 is 5.78 Å². The molecule has 5 atom stereocenters. The van der Waals surface area contributed by atoms with Crippen molar-refractivity contribution in [2.45, 2.75) is 65.1 Å². The number of hydrogen-bond acceptors (Lipinski definition) is 3. The normalized spacial score (nSPS) is 49.3. The van der Waals surface area contributed by atoms with E-state index in [4.69, 9.17) is 0 Å². The highest BCUT2D eigenvalue weighted by Crippen LogP contribution is 2.54. The number of rotatable bonds is 1. The van der Waals surface area contributed by atoms with Gasteiger partial charge < -0.3 is 10.2 Å². The van der Waals surface area contributed by atoms with Crippen LogP contribution < -0.4 is 0 Å². The number of carbonyl (C=O) groups is 1. The summed E-state index contributed by atoms with van der Waals surface area (Å²) in [5.74, 6) is 0.491. The molecule has 0 aromatic rings. The zero-order valence-corrected chi connectivity index (χ0v) is 11.9. The molecule has 0 radical (unpaired) electrons. The first-order valence-corrected chi connectivity index (χ1v) is 7.14. The zero-order chi connectivity index (χ0) is 13.7. The lowest BCUT2D eigenvalue weighted by atomic mass is 9.51. The number of hydrogen-bond donors (Lipinski definition) is 2. The number of fused-ring (bicyclic) bond motifs is 1. The van der Waals surface area contributed by atoms with Crippen molar-refractivity contribution in [2.75, 3.05) is 0 Å². The van der Waals surface area contributed by atoms with E-state index < -0.39 is 17.1 Å². The van der Waals surface area contributed by atoms with Crippen LogP contribution in [0.15, 0.2) is 0 Å². The van der Waals surface area contributed by atoms with Gasteiger partial charge in [-0.25, -0.2) is 0 Å². The van der Waals surface area contributed by atoms with E-state index in [0.29, 0.717) is 18.8 Å². The van der Waals surface area contributed by atoms with Crippen LogP contribution in [0, 0.1) is 23.2 Å². The molecule has 2 aliphatic rings. The standard InChI is InChI=1S/C15H26O3/c1-9(2)10-5-7-14(3)11(16)6-8-15(4,18)13(14)12(10)17/h9-10,12-13,17-18H,5-8H2,1-4H3. The molecule has 0 saturated heterocycles. The van der Waals surface area contributed by atoms with Crippen LogP contribution in [0.1, 0.15) is 53.4 Å². The number of Topliss-reactive ketones (excluding diaryl/α,β-unsaturated/α-hetero) is 1. The first-order chi connectivity index (χ1) is 8.20. The van der Waals surface area contributed by atoms with Gasteiger partial charge in [0.25, 0.3) is 0 Å². The van der Waals surface area contributed by atoms with Crippen LogP contribution >= 0.6 is 0 Å². The number of aliphatic hydroxyl groups excluding tert-OH is 1. The molecular formula is C15H26O3. The summed E-state index contributed by atoms with van der Waals surface area (Å²) in [4.78, 5) is 12.2. The highest BCUT2D eigenvalue weighted by molar-refractivity contribution is 5.86. The average molecular weight is 254 g/mol. The van der Waals surface area contributed by atoms with Gasteiger partial charge in [-0.3, -0.25) is 4.79 Å². The molecule has 2 aliphatic carbocycles. The minimum atomic E-state index is -0.921. The highest BCUT2D eigenvalue weighted by Gasteiger charge is 2.59. The van der Waals surface area contributed by atoms with Crippen molar-refractivity contribution in [2.24, 2.45) is 23.2 Å². The lowest BCUT2D eigenvalue weighted by Crippen LogP contribution is -2.62. The third kappa shape index (κ3) is 1.92. The summed E-state index contributed by atoms with van der Waals surface area (Å²) in [7, 11) is 0. The van der Waals surface area contributed by atoms with Crippen LogP contribution in [-0.2, 0) is 4.79 Å². The van der Waals surface area contributed by atoms with E-state index in [0.717, 1.165) is 12.8 Å². The third-order valence-corrected chi connectivity index (χ3v) is 5.49. The maximum Gasteiger partial charge on any atom is 0.139 e. The van der Waals surface area contributed by atoms with Gasteiger partial charge in [0.15, 0.2) is 0 Å². The van der Waals surface area contributed by atoms with E-state index in [1.165, 1.54) is 0 Å². The fraction of sp³-hybridized carbons (Fsp3) is 0.933. The van der Waals surface area contributed by atoms with E-state index in [2.05, 4.69) is 13.8 Å². The smallest absolute Gasteiger partial charge is 0.139 e. The maximum atomic E-state index is 12.2. The molecule has 2 fully saturated rings. The summed E-state index contributed by atoms with van der Waals surface area (Å²) in [6.45, 7) is 7.94. The van der Waals surface area contributed by atoms with E-state index in [1.54, 1.807) is 6.92 Å². The van der Waals surface area contributed by atoms with Crippen LogP contribution in [-0.4, -0.2) is 27.7 Å². The first kappa shape index (κ1) is 14.0. The lowest BCUT2D eigenvalue weighted by Gasteiger charge is -2.55. The second-order valence-electron chi connectivity index (χ2n) is 7.11. The number of carbonyl (C=O) groups excluding carboxylic acids is 1. The van der Waals surface area contributed by atoms with Gasteiger partial charge in [0.05, 0.1) is 11.7 Å². The molecule has 0 aliphatic heterocycles. The Morgan fingerprint density at radius 1 is 1.28 bits per heavy atom. The Kier molecular flexibility index (Phi) is 3.35. The Morgan fingerprint density at radius 3 is 2.44 bits per heavy atom. The van der Waals surface area contributed by atoms with Crippen molar-refractivity contribution in [3.63, 3.8) is 0 Å². The number of aliphatic hydroxyl groups is 2. The molecule has 3 nitrogen and oxygen atoms in total. The van der Waals surface area contributed by atoms with Gasteiger partial charge in [0, 0.05) is 17.8 Å². The molecule has 2 rings (SSSR count). The minimum Gasteiger partial charge on any atom is -0.392 e. The number of ketones is 1. The minimum absolute atomic E-state index is 0.195. The predicted molar refractivity (Wildman–Crippen MR) is 70.0 cm³/mol. The van der Waals surface area contributed by atoms with Gasteiger partial charge in [-0.1, -0.05) is 20.8 Å².